The Morgan fingerprint density at radius 2 is 0.951 bits per heavy atom. The van der Waals surface area contributed by atoms with Gasteiger partial charge in [-0.15, -0.1) is 0 Å². The molecular weight excluding hydrogens is 790 g/mol. The fraction of sp³-hybridized carbons (Fsp3) is 0.760. The first-order chi connectivity index (χ1) is 29.7. The number of hydrogen-bond donors (Lipinski definition) is 3. The molecule has 61 heavy (non-hydrogen) atoms. The molecule has 0 aromatic carbocycles. The van der Waals surface area contributed by atoms with Gasteiger partial charge < -0.3 is 25.2 Å². The highest BCUT2D eigenvalue weighted by molar-refractivity contribution is 7.47. The number of phosphoric acid groups is 1. The van der Waals surface area contributed by atoms with Crippen LogP contribution in [0.15, 0.2) is 60.8 Å². The topological polar surface area (TPSA) is 155 Å². The Balaban J connectivity index is 4.16. The maximum Gasteiger partial charge on any atom is 0.472 e. The summed E-state index contributed by atoms with van der Waals surface area (Å²) in [7, 11) is -4.63. The van der Waals surface area contributed by atoms with Gasteiger partial charge >= 0.3 is 19.8 Å². The zero-order chi connectivity index (χ0) is 44.8. The molecule has 3 unspecified atom stereocenters. The van der Waals surface area contributed by atoms with Crippen molar-refractivity contribution in [3.8, 4) is 0 Å². The molecular formula is C50H90NO9P. The number of nitrogens with two attached hydrogens (primary N) is 1. The van der Waals surface area contributed by atoms with Crippen LogP contribution in [-0.2, 0) is 32.7 Å². The van der Waals surface area contributed by atoms with E-state index in [0.717, 1.165) is 57.8 Å². The normalized spacial score (nSPS) is 14.3. The summed E-state index contributed by atoms with van der Waals surface area (Å²) in [5.41, 5.74) is 5.36. The number of ether oxygens (including phenoxy) is 2. The van der Waals surface area contributed by atoms with Gasteiger partial charge in [0, 0.05) is 13.0 Å². The van der Waals surface area contributed by atoms with Gasteiger partial charge in [-0.25, -0.2) is 4.57 Å². The number of carboxylic acids is 1. The van der Waals surface area contributed by atoms with Gasteiger partial charge in [0.25, 0.3) is 0 Å². The fourth-order valence-electron chi connectivity index (χ4n) is 6.53. The molecule has 0 fully saturated rings. The van der Waals surface area contributed by atoms with Gasteiger partial charge in [0.15, 0.2) is 0 Å². The average molecular weight is 880 g/mol. The fourth-order valence-corrected chi connectivity index (χ4v) is 7.31. The third kappa shape index (κ3) is 45.5. The smallest absolute Gasteiger partial charge is 0.472 e. The molecule has 0 saturated heterocycles. The molecule has 0 aromatic rings. The van der Waals surface area contributed by atoms with Crippen molar-refractivity contribution in [3.63, 3.8) is 0 Å². The van der Waals surface area contributed by atoms with E-state index in [4.69, 9.17) is 29.4 Å². The van der Waals surface area contributed by atoms with E-state index in [1.807, 2.05) is 0 Å². The Kier molecular flexibility index (Phi) is 43.9. The lowest BCUT2D eigenvalue weighted by Crippen LogP contribution is -2.34. The molecule has 4 N–H and O–H groups in total. The minimum Gasteiger partial charge on any atom is -0.480 e. The average Bonchev–Trinajstić information content (AvgIpc) is 3.24. The quantitative estimate of drug-likeness (QED) is 0.0233. The van der Waals surface area contributed by atoms with E-state index in [9.17, 15) is 19.0 Å². The molecule has 354 valence electrons. The van der Waals surface area contributed by atoms with E-state index in [1.54, 1.807) is 0 Å². The highest BCUT2D eigenvalue weighted by Crippen LogP contribution is 2.43. The van der Waals surface area contributed by atoms with Crippen LogP contribution < -0.4 is 5.73 Å². The van der Waals surface area contributed by atoms with Crippen LogP contribution in [0.2, 0.25) is 0 Å². The number of aliphatic carboxylic acids is 1. The summed E-state index contributed by atoms with van der Waals surface area (Å²) in [5, 5.41) is 8.91. The van der Waals surface area contributed by atoms with Crippen molar-refractivity contribution in [2.75, 3.05) is 26.4 Å². The number of carboxylic acid groups (broad SMARTS) is 1. The maximum atomic E-state index is 12.6. The third-order valence-electron chi connectivity index (χ3n) is 10.3. The second-order valence-corrected chi connectivity index (χ2v) is 17.7. The first kappa shape index (κ1) is 58.7. The van der Waals surface area contributed by atoms with E-state index in [1.165, 1.54) is 122 Å². The summed E-state index contributed by atoms with van der Waals surface area (Å²) in [5.74, 6) is -1.82. The summed E-state index contributed by atoms with van der Waals surface area (Å²) >= 11 is 0. The molecule has 0 aliphatic rings. The van der Waals surface area contributed by atoms with Crippen molar-refractivity contribution in [1.82, 2.24) is 0 Å². The second kappa shape index (κ2) is 45.7. The molecule has 0 rings (SSSR count). The molecule has 0 saturated carbocycles. The maximum absolute atomic E-state index is 12.6. The van der Waals surface area contributed by atoms with Crippen molar-refractivity contribution in [2.45, 2.75) is 219 Å². The first-order valence-electron chi connectivity index (χ1n) is 24.3. The number of rotatable bonds is 46. The minimum atomic E-state index is -4.63. The molecule has 0 radical (unpaired) electrons. The Morgan fingerprint density at radius 1 is 0.541 bits per heavy atom. The summed E-state index contributed by atoms with van der Waals surface area (Å²) in [4.78, 5) is 33.6. The molecule has 0 bridgehead atoms. The largest absolute Gasteiger partial charge is 0.480 e. The van der Waals surface area contributed by atoms with Crippen molar-refractivity contribution in [2.24, 2.45) is 5.73 Å². The molecule has 3 atom stereocenters. The second-order valence-electron chi connectivity index (χ2n) is 16.2. The van der Waals surface area contributed by atoms with Crippen LogP contribution in [0.4, 0.5) is 0 Å². The Hall–Kier alpha value is -2.33. The Morgan fingerprint density at radius 3 is 1.44 bits per heavy atom. The monoisotopic (exact) mass is 880 g/mol. The number of carbonyl (C=O) groups excluding carboxylic acids is 1. The van der Waals surface area contributed by atoms with Gasteiger partial charge in [0.2, 0.25) is 0 Å². The molecule has 0 spiro atoms. The number of hydrogen-bond acceptors (Lipinski definition) is 8. The van der Waals surface area contributed by atoms with E-state index in [2.05, 4.69) is 74.6 Å². The van der Waals surface area contributed by atoms with E-state index >= 15 is 0 Å². The van der Waals surface area contributed by atoms with Crippen LogP contribution >= 0.6 is 7.82 Å². The predicted molar refractivity (Wildman–Crippen MR) is 254 cm³/mol. The first-order valence-corrected chi connectivity index (χ1v) is 25.8. The Labute approximate surface area is 372 Å². The standard InChI is InChI=1S/C50H90NO9P/c1-3-5-7-9-11-13-15-17-19-20-21-22-23-24-25-26-27-29-31-33-35-37-39-41-43-57-44-47(45-58-61(55,56)59-46-48(51)50(53)54)60-49(52)42-40-38-36-34-32-30-28-18-16-14-12-10-8-6-4-2/h6,8,12,14,18,20-21,28,32,34,47-48H,3-5,7,9-11,13,15-17,19,22-27,29-31,33,35-46,51H2,1-2H3,(H,53,54)(H,55,56)/b8-6-,14-12-,21-20-,28-18-,34-32-. The van der Waals surface area contributed by atoms with Crippen LogP contribution in [0.25, 0.3) is 0 Å². The van der Waals surface area contributed by atoms with Crippen molar-refractivity contribution in [1.29, 1.82) is 0 Å². The lowest BCUT2D eigenvalue weighted by atomic mass is 10.0. The van der Waals surface area contributed by atoms with Crippen molar-refractivity contribution >= 4 is 19.8 Å². The molecule has 10 nitrogen and oxygen atoms in total. The zero-order valence-corrected chi connectivity index (χ0v) is 39.6. The van der Waals surface area contributed by atoms with Gasteiger partial charge in [0.1, 0.15) is 12.1 Å². The van der Waals surface area contributed by atoms with Crippen LogP contribution in [-0.4, -0.2) is 60.5 Å². The van der Waals surface area contributed by atoms with Gasteiger partial charge in [0.05, 0.1) is 19.8 Å². The minimum absolute atomic E-state index is 0.00160. The van der Waals surface area contributed by atoms with Crippen molar-refractivity contribution in [3.05, 3.63) is 60.8 Å². The number of esters is 1. The van der Waals surface area contributed by atoms with Gasteiger partial charge in [-0.05, 0) is 77.0 Å². The van der Waals surface area contributed by atoms with Crippen LogP contribution in [0.5, 0.6) is 0 Å². The number of unbranched alkanes of at least 4 members (excludes halogenated alkanes) is 22. The van der Waals surface area contributed by atoms with Crippen LogP contribution in [0, 0.1) is 0 Å². The van der Waals surface area contributed by atoms with E-state index in [-0.39, 0.29) is 13.0 Å². The highest BCUT2D eigenvalue weighted by atomic mass is 31.2. The lowest BCUT2D eigenvalue weighted by Gasteiger charge is -2.20. The summed E-state index contributed by atoms with van der Waals surface area (Å²) < 4.78 is 33.4. The van der Waals surface area contributed by atoms with Gasteiger partial charge in [-0.1, -0.05) is 184 Å². The summed E-state index contributed by atoms with van der Waals surface area (Å²) in [6, 6.07) is -1.48. The molecule has 0 heterocycles. The Bertz CT molecular complexity index is 1200. The number of phosphoric ester groups is 1. The molecule has 0 amide bonds. The SMILES string of the molecule is CC/C=C\C/C=C\C/C=C\C/C=C\CCCCC(=O)OC(COCCCCCCCCCCCCCC/C=C\CCCCCCCCCC)COP(=O)(O)OCC(N)C(=O)O. The van der Waals surface area contributed by atoms with Crippen LogP contribution in [0.1, 0.15) is 206 Å². The molecule has 0 aliphatic heterocycles. The van der Waals surface area contributed by atoms with Gasteiger partial charge in [-0.3, -0.25) is 18.6 Å². The highest BCUT2D eigenvalue weighted by Gasteiger charge is 2.27. The van der Waals surface area contributed by atoms with E-state index in [0.29, 0.717) is 13.0 Å². The third-order valence-corrected chi connectivity index (χ3v) is 11.2. The predicted octanol–water partition coefficient (Wildman–Crippen LogP) is 14.0. The summed E-state index contributed by atoms with van der Waals surface area (Å²) in [6.07, 6.45) is 55.8. The zero-order valence-electron chi connectivity index (χ0n) is 38.7. The van der Waals surface area contributed by atoms with Gasteiger partial charge in [-0.2, -0.15) is 0 Å². The molecule has 11 heteroatoms. The number of carbonyl (C=O) groups is 2. The molecule has 0 aromatic heterocycles. The lowest BCUT2D eigenvalue weighted by molar-refractivity contribution is -0.154. The van der Waals surface area contributed by atoms with E-state index < -0.39 is 45.1 Å². The molecule has 0 aliphatic carbocycles. The number of allylic oxidation sites excluding steroid dienone is 10. The summed E-state index contributed by atoms with van der Waals surface area (Å²) in [6.45, 7) is 3.72. The van der Waals surface area contributed by atoms with Crippen LogP contribution in [0.3, 0.4) is 0 Å². The van der Waals surface area contributed by atoms with Crippen molar-refractivity contribution < 1.29 is 42.7 Å².